The molecule has 2 aliphatic rings. The van der Waals surface area contributed by atoms with Crippen LogP contribution in [-0.2, 0) is 6.54 Å². The Balaban J connectivity index is 0.00000256. The van der Waals surface area contributed by atoms with E-state index in [1.54, 1.807) is 18.2 Å². The number of carbonyl (C=O) groups is 1. The Bertz CT molecular complexity index is 958. The highest BCUT2D eigenvalue weighted by atomic mass is 35.5. The van der Waals surface area contributed by atoms with Crippen LogP contribution in [0.15, 0.2) is 42.2 Å². The van der Waals surface area contributed by atoms with Crippen molar-refractivity contribution in [1.29, 1.82) is 0 Å². The largest absolute Gasteiger partial charge is 0.507 e. The number of nitrogens with zero attached hydrogens (tertiary/aromatic N) is 2. The van der Waals surface area contributed by atoms with Gasteiger partial charge in [0.2, 0.25) is 5.78 Å². The summed E-state index contributed by atoms with van der Waals surface area (Å²) < 4.78 is 19.8. The average Bonchev–Trinajstić information content (AvgIpc) is 3.03. The number of hydrogen-bond donors (Lipinski definition) is 2. The molecular weight excluding hydrogens is 411 g/mol. The minimum atomic E-state index is -0.434. The minimum absolute atomic E-state index is 0. The number of piperazine rings is 1. The molecule has 0 aromatic heterocycles. The Morgan fingerprint density at radius 3 is 2.47 bits per heavy atom. The second-order valence-electron chi connectivity index (χ2n) is 7.24. The molecule has 2 N–H and O–H groups in total. The van der Waals surface area contributed by atoms with E-state index in [2.05, 4.69) is 9.80 Å². The zero-order chi connectivity index (χ0) is 20.4. The van der Waals surface area contributed by atoms with Gasteiger partial charge in [0.15, 0.2) is 5.76 Å². The van der Waals surface area contributed by atoms with Crippen molar-refractivity contribution in [3.8, 4) is 11.5 Å². The highest BCUT2D eigenvalue weighted by Gasteiger charge is 2.32. The van der Waals surface area contributed by atoms with Crippen LogP contribution < -0.4 is 4.74 Å². The number of aliphatic hydroxyl groups is 1. The highest BCUT2D eigenvalue weighted by molar-refractivity contribution is 6.15. The Kier molecular flexibility index (Phi) is 7.10. The molecule has 2 aromatic rings. The average molecular weight is 435 g/mol. The summed E-state index contributed by atoms with van der Waals surface area (Å²) in [6.45, 7) is 4.47. The molecule has 4 rings (SSSR count). The molecule has 0 atom stereocenters. The van der Waals surface area contributed by atoms with E-state index in [1.807, 2.05) is 0 Å². The van der Waals surface area contributed by atoms with Gasteiger partial charge in [-0.15, -0.1) is 12.4 Å². The normalized spacial score (nSPS) is 18.2. The van der Waals surface area contributed by atoms with Gasteiger partial charge in [-0.1, -0.05) is 18.2 Å². The summed E-state index contributed by atoms with van der Waals surface area (Å²) in [6, 6.07) is 9.22. The number of β-amino-alcohol motifs (C(OH)–C–C–N with tert-alkyl or cyclic N) is 1. The van der Waals surface area contributed by atoms with Crippen LogP contribution in [-0.4, -0.2) is 65.1 Å². The fourth-order valence-corrected chi connectivity index (χ4v) is 3.72. The molecule has 8 heteroatoms. The van der Waals surface area contributed by atoms with Crippen LogP contribution in [0.5, 0.6) is 11.5 Å². The lowest BCUT2D eigenvalue weighted by Gasteiger charge is -2.34. The van der Waals surface area contributed by atoms with Crippen LogP contribution in [0, 0.1) is 5.82 Å². The van der Waals surface area contributed by atoms with Gasteiger partial charge >= 0.3 is 0 Å². The smallest absolute Gasteiger partial charge is 0.231 e. The van der Waals surface area contributed by atoms with Gasteiger partial charge in [0.1, 0.15) is 17.3 Å². The molecule has 0 bridgehead atoms. The molecule has 2 aromatic carbocycles. The second kappa shape index (κ2) is 9.57. The third-order valence-corrected chi connectivity index (χ3v) is 5.37. The van der Waals surface area contributed by atoms with Crippen LogP contribution in [0.1, 0.15) is 21.5 Å². The lowest BCUT2D eigenvalue weighted by Crippen LogP contribution is -2.46. The predicted octanol–water partition coefficient (Wildman–Crippen LogP) is 2.68. The van der Waals surface area contributed by atoms with Gasteiger partial charge in [-0.3, -0.25) is 14.6 Å². The number of phenols is 1. The second-order valence-corrected chi connectivity index (χ2v) is 7.24. The Labute approximate surface area is 180 Å². The standard InChI is InChI=1S/C22H23FN2O4.ClH/c23-18-4-2-1-3-15(18)13-20-21(28)16-5-6-19(27)17(22(16)29-20)14-25-9-7-24(8-10-25)11-12-26;/h1-6,13,26-27H,7-12,14H2;1H/b20-13-;. The fraction of sp³-hybridized carbons (Fsp3) is 0.318. The number of phenolic OH excluding ortho intramolecular Hbond substituents is 1. The number of fused-ring (bicyclic) bond motifs is 1. The van der Waals surface area contributed by atoms with Crippen molar-refractivity contribution < 1.29 is 24.1 Å². The number of aromatic hydroxyl groups is 1. The lowest BCUT2D eigenvalue weighted by atomic mass is 10.0. The van der Waals surface area contributed by atoms with Gasteiger partial charge in [0, 0.05) is 44.8 Å². The third kappa shape index (κ3) is 4.49. The number of allylic oxidation sites excluding steroid dienone is 1. The summed E-state index contributed by atoms with van der Waals surface area (Å²) in [7, 11) is 0. The molecule has 0 unspecified atom stereocenters. The first-order valence-electron chi connectivity index (χ1n) is 9.66. The number of Topliss-reactive ketones (excluding diaryl/α,β-unsaturated/α-hetero) is 1. The Morgan fingerprint density at radius 1 is 1.07 bits per heavy atom. The summed E-state index contributed by atoms with van der Waals surface area (Å²) in [5.74, 6) is -0.296. The zero-order valence-electron chi connectivity index (χ0n) is 16.4. The van der Waals surface area contributed by atoms with Crippen molar-refractivity contribution in [2.24, 2.45) is 0 Å². The first-order chi connectivity index (χ1) is 14.1. The molecule has 0 amide bonds. The van der Waals surface area contributed by atoms with Gasteiger partial charge in [-0.2, -0.15) is 0 Å². The lowest BCUT2D eigenvalue weighted by molar-refractivity contribution is 0.101. The number of halogens is 2. The maximum Gasteiger partial charge on any atom is 0.231 e. The number of aliphatic hydroxyl groups excluding tert-OH is 1. The number of carbonyl (C=O) groups excluding carboxylic acids is 1. The molecule has 0 radical (unpaired) electrons. The molecular formula is C22H24ClFN2O4. The summed E-state index contributed by atoms with van der Waals surface area (Å²) in [6.07, 6.45) is 1.39. The first-order valence-corrected chi connectivity index (χ1v) is 9.66. The van der Waals surface area contributed by atoms with Crippen molar-refractivity contribution in [3.63, 3.8) is 0 Å². The number of hydrogen-bond acceptors (Lipinski definition) is 6. The Morgan fingerprint density at radius 2 is 1.77 bits per heavy atom. The summed E-state index contributed by atoms with van der Waals surface area (Å²) >= 11 is 0. The van der Waals surface area contributed by atoms with Gasteiger partial charge in [0.05, 0.1) is 17.7 Å². The molecule has 30 heavy (non-hydrogen) atoms. The number of ether oxygens (including phenoxy) is 1. The zero-order valence-corrected chi connectivity index (χ0v) is 17.2. The van der Waals surface area contributed by atoms with Gasteiger partial charge < -0.3 is 14.9 Å². The van der Waals surface area contributed by atoms with Crippen LogP contribution in [0.4, 0.5) is 4.39 Å². The first kappa shape index (κ1) is 22.2. The van der Waals surface area contributed by atoms with E-state index in [1.165, 1.54) is 24.3 Å². The van der Waals surface area contributed by atoms with Gasteiger partial charge in [0.25, 0.3) is 0 Å². The fourth-order valence-electron chi connectivity index (χ4n) is 3.72. The number of ketones is 1. The van der Waals surface area contributed by atoms with E-state index >= 15 is 0 Å². The molecule has 0 saturated carbocycles. The van der Waals surface area contributed by atoms with Gasteiger partial charge in [-0.25, -0.2) is 4.39 Å². The topological polar surface area (TPSA) is 73.2 Å². The molecule has 6 nitrogen and oxygen atoms in total. The minimum Gasteiger partial charge on any atom is -0.507 e. The molecule has 160 valence electrons. The maximum atomic E-state index is 14.0. The summed E-state index contributed by atoms with van der Waals surface area (Å²) in [5, 5.41) is 19.5. The van der Waals surface area contributed by atoms with Crippen LogP contribution in [0.2, 0.25) is 0 Å². The molecule has 1 fully saturated rings. The van der Waals surface area contributed by atoms with E-state index in [0.29, 0.717) is 30.0 Å². The predicted molar refractivity (Wildman–Crippen MR) is 113 cm³/mol. The van der Waals surface area contributed by atoms with Crippen molar-refractivity contribution in [2.75, 3.05) is 39.3 Å². The molecule has 2 aliphatic heterocycles. The maximum absolute atomic E-state index is 14.0. The summed E-state index contributed by atoms with van der Waals surface area (Å²) in [5.41, 5.74) is 1.21. The highest BCUT2D eigenvalue weighted by Crippen LogP contribution is 2.40. The van der Waals surface area contributed by atoms with Crippen LogP contribution in [0.3, 0.4) is 0 Å². The monoisotopic (exact) mass is 434 g/mol. The van der Waals surface area contributed by atoms with Crippen molar-refractivity contribution in [2.45, 2.75) is 6.54 Å². The SMILES string of the molecule is Cl.O=C1/C(=C/c2ccccc2F)Oc2c1ccc(O)c2CN1CCN(CCO)CC1. The van der Waals surface area contributed by atoms with Gasteiger partial charge in [-0.05, 0) is 24.3 Å². The van der Waals surface area contributed by atoms with Crippen molar-refractivity contribution >= 4 is 24.3 Å². The molecule has 0 spiro atoms. The third-order valence-electron chi connectivity index (χ3n) is 5.37. The van der Waals surface area contributed by atoms with Crippen LogP contribution in [0.25, 0.3) is 6.08 Å². The van der Waals surface area contributed by atoms with E-state index in [-0.39, 0.29) is 41.9 Å². The van der Waals surface area contributed by atoms with E-state index < -0.39 is 5.82 Å². The Hall–Kier alpha value is -2.45. The van der Waals surface area contributed by atoms with Crippen molar-refractivity contribution in [1.82, 2.24) is 9.80 Å². The molecule has 0 aliphatic carbocycles. The van der Waals surface area contributed by atoms with Crippen LogP contribution >= 0.6 is 12.4 Å². The number of benzene rings is 2. The molecule has 1 saturated heterocycles. The number of rotatable bonds is 5. The molecule has 2 heterocycles. The van der Waals surface area contributed by atoms with Crippen molar-refractivity contribution in [3.05, 3.63) is 64.7 Å². The summed E-state index contributed by atoms with van der Waals surface area (Å²) in [4.78, 5) is 17.1. The van der Waals surface area contributed by atoms with E-state index in [0.717, 1.165) is 26.2 Å². The van der Waals surface area contributed by atoms with E-state index in [9.17, 15) is 14.3 Å². The quantitative estimate of drug-likeness (QED) is 0.705. The van der Waals surface area contributed by atoms with E-state index in [4.69, 9.17) is 9.84 Å².